The van der Waals surface area contributed by atoms with Gasteiger partial charge in [0.2, 0.25) is 0 Å². The van der Waals surface area contributed by atoms with Gasteiger partial charge in [0.1, 0.15) is 6.04 Å². The number of rotatable bonds is 1. The van der Waals surface area contributed by atoms with Crippen molar-refractivity contribution in [3.05, 3.63) is 34.9 Å². The van der Waals surface area contributed by atoms with Crippen LogP contribution in [-0.4, -0.2) is 6.18 Å². The highest BCUT2D eigenvalue weighted by molar-refractivity contribution is 5.25. The third-order valence-corrected chi connectivity index (χ3v) is 1.82. The van der Waals surface area contributed by atoms with Gasteiger partial charge in [0.25, 0.3) is 0 Å². The van der Waals surface area contributed by atoms with Crippen molar-refractivity contribution in [1.82, 2.24) is 0 Å². The van der Waals surface area contributed by atoms with Crippen LogP contribution in [0.1, 0.15) is 11.6 Å². The Morgan fingerprint density at radius 1 is 0.938 bits per heavy atom. The third kappa shape index (κ3) is 2.11. The number of hydrogen-bond donors (Lipinski definition) is 1. The largest absolute Gasteiger partial charge is 0.407 e. The molecule has 0 aromatic heterocycles. The molecule has 90 valence electrons. The molecule has 0 aliphatic rings. The van der Waals surface area contributed by atoms with Crippen LogP contribution >= 0.6 is 0 Å². The topological polar surface area (TPSA) is 26.0 Å². The second-order valence-electron chi connectivity index (χ2n) is 2.91. The van der Waals surface area contributed by atoms with E-state index in [1.54, 1.807) is 0 Å². The molecule has 0 saturated heterocycles. The Labute approximate surface area is 84.7 Å². The molecule has 1 atom stereocenters. The van der Waals surface area contributed by atoms with E-state index in [1.807, 2.05) is 0 Å². The molecule has 0 saturated carbocycles. The van der Waals surface area contributed by atoms with Crippen LogP contribution in [0.2, 0.25) is 0 Å². The molecular formula is C8H4F7N. The highest BCUT2D eigenvalue weighted by Gasteiger charge is 2.40. The van der Waals surface area contributed by atoms with Crippen molar-refractivity contribution in [2.24, 2.45) is 5.73 Å². The fraction of sp³-hybridized carbons (Fsp3) is 0.250. The summed E-state index contributed by atoms with van der Waals surface area (Å²) >= 11 is 0. The van der Waals surface area contributed by atoms with Gasteiger partial charge >= 0.3 is 6.18 Å². The molecule has 0 fully saturated rings. The summed E-state index contributed by atoms with van der Waals surface area (Å²) in [6.07, 6.45) is -5.09. The van der Waals surface area contributed by atoms with Crippen molar-refractivity contribution in [3.8, 4) is 0 Å². The van der Waals surface area contributed by atoms with Gasteiger partial charge in [-0.05, 0) is 6.07 Å². The lowest BCUT2D eigenvalue weighted by molar-refractivity contribution is -0.149. The number of halogens is 7. The van der Waals surface area contributed by atoms with Crippen molar-refractivity contribution >= 4 is 0 Å². The number of hydrogen-bond acceptors (Lipinski definition) is 1. The molecule has 0 heterocycles. The fourth-order valence-electron chi connectivity index (χ4n) is 0.994. The highest BCUT2D eigenvalue weighted by atomic mass is 19.4. The Morgan fingerprint density at radius 2 is 1.44 bits per heavy atom. The first-order valence-electron chi connectivity index (χ1n) is 3.81. The quantitative estimate of drug-likeness (QED) is 0.461. The minimum absolute atomic E-state index is 0.119. The molecule has 0 amide bonds. The van der Waals surface area contributed by atoms with E-state index >= 15 is 0 Å². The van der Waals surface area contributed by atoms with Crippen molar-refractivity contribution in [1.29, 1.82) is 0 Å². The van der Waals surface area contributed by atoms with Gasteiger partial charge in [-0.15, -0.1) is 0 Å². The first kappa shape index (κ1) is 12.8. The Bertz CT molecular complexity index is 412. The SMILES string of the molecule is N[C@@H](c1cc(F)c(F)c(F)c1F)C(F)(F)F. The van der Waals surface area contributed by atoms with E-state index < -0.39 is 41.1 Å². The van der Waals surface area contributed by atoms with Crippen LogP contribution < -0.4 is 5.73 Å². The van der Waals surface area contributed by atoms with E-state index in [0.717, 1.165) is 0 Å². The van der Waals surface area contributed by atoms with Gasteiger partial charge in [-0.3, -0.25) is 0 Å². The minimum atomic E-state index is -5.09. The average molecular weight is 247 g/mol. The van der Waals surface area contributed by atoms with Gasteiger partial charge in [0, 0.05) is 5.56 Å². The summed E-state index contributed by atoms with van der Waals surface area (Å²) in [5.41, 5.74) is 3.06. The number of benzene rings is 1. The monoisotopic (exact) mass is 247 g/mol. The Balaban J connectivity index is 3.36. The summed E-state index contributed by atoms with van der Waals surface area (Å²) in [6, 6.07) is -3.04. The van der Waals surface area contributed by atoms with Gasteiger partial charge in [0.05, 0.1) is 0 Å². The zero-order valence-electron chi connectivity index (χ0n) is 7.38. The number of alkyl halides is 3. The summed E-state index contributed by atoms with van der Waals surface area (Å²) in [7, 11) is 0. The van der Waals surface area contributed by atoms with E-state index in [1.165, 1.54) is 0 Å². The maximum atomic E-state index is 12.9. The van der Waals surface area contributed by atoms with Gasteiger partial charge in [-0.1, -0.05) is 0 Å². The average Bonchev–Trinajstić information content (AvgIpc) is 2.18. The molecule has 8 heteroatoms. The maximum absolute atomic E-state index is 12.9. The van der Waals surface area contributed by atoms with Gasteiger partial charge in [0.15, 0.2) is 23.3 Å². The summed E-state index contributed by atoms with van der Waals surface area (Å²) in [4.78, 5) is 0. The van der Waals surface area contributed by atoms with E-state index in [-0.39, 0.29) is 6.07 Å². The first-order chi connectivity index (χ1) is 7.16. The summed E-state index contributed by atoms with van der Waals surface area (Å²) in [6.45, 7) is 0. The molecule has 0 aliphatic heterocycles. The van der Waals surface area contributed by atoms with Crippen LogP contribution in [0.15, 0.2) is 6.07 Å². The zero-order chi connectivity index (χ0) is 12.7. The molecule has 0 aliphatic carbocycles. The van der Waals surface area contributed by atoms with Gasteiger partial charge < -0.3 is 5.73 Å². The lowest BCUT2D eigenvalue weighted by Crippen LogP contribution is -2.30. The lowest BCUT2D eigenvalue weighted by atomic mass is 10.1. The lowest BCUT2D eigenvalue weighted by Gasteiger charge is -2.16. The Kier molecular flexibility index (Phi) is 3.13. The molecule has 1 aromatic rings. The van der Waals surface area contributed by atoms with Crippen LogP contribution in [0.4, 0.5) is 30.7 Å². The second-order valence-corrected chi connectivity index (χ2v) is 2.91. The molecule has 2 N–H and O–H groups in total. The predicted molar refractivity (Wildman–Crippen MR) is 39.3 cm³/mol. The molecule has 0 radical (unpaired) electrons. The van der Waals surface area contributed by atoms with Crippen LogP contribution in [0.3, 0.4) is 0 Å². The predicted octanol–water partition coefficient (Wildman–Crippen LogP) is 2.81. The van der Waals surface area contributed by atoms with Gasteiger partial charge in [-0.2, -0.15) is 13.2 Å². The Morgan fingerprint density at radius 3 is 1.88 bits per heavy atom. The molecule has 0 spiro atoms. The number of nitrogens with two attached hydrogens (primary N) is 1. The van der Waals surface area contributed by atoms with E-state index in [9.17, 15) is 30.7 Å². The van der Waals surface area contributed by atoms with Gasteiger partial charge in [-0.25, -0.2) is 17.6 Å². The van der Waals surface area contributed by atoms with E-state index in [2.05, 4.69) is 5.73 Å². The second kappa shape index (κ2) is 3.93. The van der Waals surface area contributed by atoms with Crippen LogP contribution in [0, 0.1) is 23.3 Å². The molecule has 1 aromatic carbocycles. The molecule has 16 heavy (non-hydrogen) atoms. The molecule has 0 bridgehead atoms. The van der Waals surface area contributed by atoms with E-state index in [4.69, 9.17) is 0 Å². The normalized spacial score (nSPS) is 14.0. The third-order valence-electron chi connectivity index (χ3n) is 1.82. The summed E-state index contributed by atoms with van der Waals surface area (Å²) in [5, 5.41) is 0. The van der Waals surface area contributed by atoms with Crippen LogP contribution in [-0.2, 0) is 0 Å². The van der Waals surface area contributed by atoms with Crippen molar-refractivity contribution in [3.63, 3.8) is 0 Å². The standard InChI is InChI=1S/C8H4F7N/c9-3-1-2(7(16)8(13,14)15)4(10)6(12)5(3)11/h1,7H,16H2/t7-/m0/s1. The first-order valence-corrected chi connectivity index (χ1v) is 3.81. The zero-order valence-corrected chi connectivity index (χ0v) is 7.38. The smallest absolute Gasteiger partial charge is 0.316 e. The Hall–Kier alpha value is -1.31. The molecule has 0 unspecified atom stereocenters. The van der Waals surface area contributed by atoms with Crippen LogP contribution in [0.25, 0.3) is 0 Å². The van der Waals surface area contributed by atoms with Crippen molar-refractivity contribution in [2.75, 3.05) is 0 Å². The summed E-state index contributed by atoms with van der Waals surface area (Å²) < 4.78 is 86.6. The van der Waals surface area contributed by atoms with Crippen LogP contribution in [0.5, 0.6) is 0 Å². The molecule has 1 nitrogen and oxygen atoms in total. The maximum Gasteiger partial charge on any atom is 0.407 e. The van der Waals surface area contributed by atoms with Crippen molar-refractivity contribution in [2.45, 2.75) is 12.2 Å². The minimum Gasteiger partial charge on any atom is -0.316 e. The summed E-state index contributed by atoms with van der Waals surface area (Å²) in [5.74, 6) is -8.59. The van der Waals surface area contributed by atoms with Crippen molar-refractivity contribution < 1.29 is 30.7 Å². The molecular weight excluding hydrogens is 243 g/mol. The fourth-order valence-corrected chi connectivity index (χ4v) is 0.994. The van der Waals surface area contributed by atoms with E-state index in [0.29, 0.717) is 0 Å². The molecule has 1 rings (SSSR count). The highest BCUT2D eigenvalue weighted by Crippen LogP contribution is 2.33.